The highest BCUT2D eigenvalue weighted by atomic mass is 35.5. The van der Waals surface area contributed by atoms with E-state index in [9.17, 15) is 4.39 Å². The number of hydrogen-bond acceptors (Lipinski definition) is 0. The Kier molecular flexibility index (Phi) is 2.72. The van der Waals surface area contributed by atoms with Gasteiger partial charge in [0.15, 0.2) is 0 Å². The Bertz CT molecular complexity index is 325. The molecule has 14 heavy (non-hydrogen) atoms. The highest BCUT2D eigenvalue weighted by Crippen LogP contribution is 2.50. The molecule has 1 saturated carbocycles. The predicted molar refractivity (Wildman–Crippen MR) is 57.5 cm³/mol. The second kappa shape index (κ2) is 3.71. The van der Waals surface area contributed by atoms with Crippen LogP contribution in [-0.2, 0) is 6.42 Å². The molecule has 0 aromatic heterocycles. The average molecular weight is 233 g/mol. The van der Waals surface area contributed by atoms with E-state index >= 15 is 0 Å². The van der Waals surface area contributed by atoms with Gasteiger partial charge in [0.25, 0.3) is 0 Å². The van der Waals surface area contributed by atoms with Crippen LogP contribution in [0.15, 0.2) is 18.2 Å². The maximum atomic E-state index is 13.4. The molecular formula is C11H11Cl2F. The van der Waals surface area contributed by atoms with Crippen LogP contribution >= 0.6 is 23.2 Å². The van der Waals surface area contributed by atoms with E-state index < -0.39 is 0 Å². The minimum absolute atomic E-state index is 0.118. The van der Waals surface area contributed by atoms with Crippen LogP contribution in [0.1, 0.15) is 18.4 Å². The van der Waals surface area contributed by atoms with Crippen LogP contribution in [0.25, 0.3) is 0 Å². The number of benzene rings is 1. The van der Waals surface area contributed by atoms with Crippen molar-refractivity contribution in [1.82, 2.24) is 0 Å². The Morgan fingerprint density at radius 3 is 2.57 bits per heavy atom. The molecule has 0 spiro atoms. The Morgan fingerprint density at radius 2 is 2.07 bits per heavy atom. The largest absolute Gasteiger partial charge is 0.207 e. The molecule has 1 aromatic rings. The minimum Gasteiger partial charge on any atom is -0.207 e. The van der Waals surface area contributed by atoms with Gasteiger partial charge in [-0.25, -0.2) is 4.39 Å². The zero-order valence-corrected chi connectivity index (χ0v) is 9.21. The molecule has 0 nitrogen and oxygen atoms in total. The Balaban J connectivity index is 2.24. The molecule has 0 aliphatic heterocycles. The summed E-state index contributed by atoms with van der Waals surface area (Å²) in [5, 5.41) is 0.515. The molecule has 1 fully saturated rings. The summed E-state index contributed by atoms with van der Waals surface area (Å²) >= 11 is 11.8. The normalized spacial score (nSPS) is 18.2. The van der Waals surface area contributed by atoms with Crippen molar-refractivity contribution in [2.24, 2.45) is 5.41 Å². The lowest BCUT2D eigenvalue weighted by atomic mass is 9.98. The first-order chi connectivity index (χ1) is 6.67. The first-order valence-corrected chi connectivity index (χ1v) is 5.57. The van der Waals surface area contributed by atoms with Crippen molar-refractivity contribution in [1.29, 1.82) is 0 Å². The molecule has 0 bridgehead atoms. The third-order valence-electron chi connectivity index (χ3n) is 2.85. The van der Waals surface area contributed by atoms with Gasteiger partial charge in [-0.3, -0.25) is 0 Å². The summed E-state index contributed by atoms with van der Waals surface area (Å²) < 4.78 is 13.4. The summed E-state index contributed by atoms with van der Waals surface area (Å²) in [5.74, 6) is 0.381. The fourth-order valence-electron chi connectivity index (χ4n) is 1.61. The molecule has 1 aliphatic rings. The zero-order chi connectivity index (χ0) is 10.2. The molecule has 1 aromatic carbocycles. The number of alkyl halides is 1. The van der Waals surface area contributed by atoms with Crippen LogP contribution in [0.2, 0.25) is 5.02 Å². The van der Waals surface area contributed by atoms with E-state index in [4.69, 9.17) is 23.2 Å². The molecule has 0 unspecified atom stereocenters. The van der Waals surface area contributed by atoms with Gasteiger partial charge < -0.3 is 0 Å². The quantitative estimate of drug-likeness (QED) is 0.691. The van der Waals surface area contributed by atoms with E-state index in [1.807, 2.05) is 0 Å². The monoisotopic (exact) mass is 232 g/mol. The first-order valence-electron chi connectivity index (χ1n) is 4.66. The van der Waals surface area contributed by atoms with E-state index in [1.54, 1.807) is 12.1 Å². The highest BCUT2D eigenvalue weighted by Gasteiger charge is 2.42. The van der Waals surface area contributed by atoms with Crippen LogP contribution in [0, 0.1) is 11.2 Å². The maximum absolute atomic E-state index is 13.4. The van der Waals surface area contributed by atoms with Crippen molar-refractivity contribution < 1.29 is 4.39 Å². The molecule has 0 atom stereocenters. The third-order valence-corrected chi connectivity index (χ3v) is 3.78. The minimum atomic E-state index is -0.214. The molecule has 0 N–H and O–H groups in total. The summed E-state index contributed by atoms with van der Waals surface area (Å²) in [4.78, 5) is 0. The van der Waals surface area contributed by atoms with Crippen molar-refractivity contribution in [2.75, 3.05) is 5.88 Å². The van der Waals surface area contributed by atoms with E-state index in [0.29, 0.717) is 22.9 Å². The molecule has 0 saturated heterocycles. The zero-order valence-electron chi connectivity index (χ0n) is 7.69. The van der Waals surface area contributed by atoms with Crippen molar-refractivity contribution in [2.45, 2.75) is 19.3 Å². The summed E-state index contributed by atoms with van der Waals surface area (Å²) in [6.45, 7) is 0. The summed E-state index contributed by atoms with van der Waals surface area (Å²) in [6, 6.07) is 4.80. The lowest BCUT2D eigenvalue weighted by Gasteiger charge is -2.12. The standard InChI is InChI=1S/C11H11Cl2F/c12-7-11(4-5-11)6-8-9(13)2-1-3-10(8)14/h1-3H,4-7H2. The Labute approximate surface area is 93.0 Å². The fourth-order valence-corrected chi connectivity index (χ4v) is 2.20. The first kappa shape index (κ1) is 10.3. The van der Waals surface area contributed by atoms with Gasteiger partial charge in [0.2, 0.25) is 0 Å². The van der Waals surface area contributed by atoms with Crippen molar-refractivity contribution >= 4 is 23.2 Å². The predicted octanol–water partition coefficient (Wildman–Crippen LogP) is 4.04. The number of hydrogen-bond donors (Lipinski definition) is 0. The summed E-state index contributed by atoms with van der Waals surface area (Å²) in [7, 11) is 0. The second-order valence-electron chi connectivity index (χ2n) is 4.01. The molecule has 0 heterocycles. The molecule has 0 amide bonds. The van der Waals surface area contributed by atoms with Gasteiger partial charge in [-0.15, -0.1) is 11.6 Å². The van der Waals surface area contributed by atoms with Crippen LogP contribution in [0.3, 0.4) is 0 Å². The molecule has 76 valence electrons. The third kappa shape index (κ3) is 1.89. The van der Waals surface area contributed by atoms with Gasteiger partial charge in [-0.05, 0) is 36.8 Å². The molecule has 2 rings (SSSR count). The van der Waals surface area contributed by atoms with Gasteiger partial charge in [0.05, 0.1) is 0 Å². The van der Waals surface area contributed by atoms with Gasteiger partial charge in [-0.1, -0.05) is 17.7 Å². The Hall–Kier alpha value is -0.270. The number of halogens is 3. The molecular weight excluding hydrogens is 222 g/mol. The van der Waals surface area contributed by atoms with Gasteiger partial charge in [-0.2, -0.15) is 0 Å². The van der Waals surface area contributed by atoms with Gasteiger partial charge >= 0.3 is 0 Å². The smallest absolute Gasteiger partial charge is 0.127 e. The fraction of sp³-hybridized carbons (Fsp3) is 0.455. The molecule has 3 heteroatoms. The average Bonchev–Trinajstić information content (AvgIpc) is 2.93. The molecule has 1 aliphatic carbocycles. The number of rotatable bonds is 3. The SMILES string of the molecule is Fc1cccc(Cl)c1CC1(CCl)CC1. The van der Waals surface area contributed by atoms with Crippen LogP contribution in [0.4, 0.5) is 4.39 Å². The van der Waals surface area contributed by atoms with E-state index in [0.717, 1.165) is 12.8 Å². The van der Waals surface area contributed by atoms with Crippen molar-refractivity contribution in [3.05, 3.63) is 34.6 Å². The van der Waals surface area contributed by atoms with Crippen molar-refractivity contribution in [3.63, 3.8) is 0 Å². The van der Waals surface area contributed by atoms with E-state index in [2.05, 4.69) is 0 Å². The lowest BCUT2D eigenvalue weighted by molar-refractivity contribution is 0.539. The van der Waals surface area contributed by atoms with E-state index in [-0.39, 0.29) is 11.2 Å². The van der Waals surface area contributed by atoms with E-state index in [1.165, 1.54) is 6.07 Å². The van der Waals surface area contributed by atoms with Crippen LogP contribution < -0.4 is 0 Å². The van der Waals surface area contributed by atoms with Gasteiger partial charge in [0.1, 0.15) is 5.82 Å². The molecule has 0 radical (unpaired) electrons. The van der Waals surface area contributed by atoms with Gasteiger partial charge in [0, 0.05) is 16.5 Å². The van der Waals surface area contributed by atoms with Crippen LogP contribution in [0.5, 0.6) is 0 Å². The summed E-state index contributed by atoms with van der Waals surface area (Å²) in [6.07, 6.45) is 2.84. The van der Waals surface area contributed by atoms with Crippen molar-refractivity contribution in [3.8, 4) is 0 Å². The highest BCUT2D eigenvalue weighted by molar-refractivity contribution is 6.31. The Morgan fingerprint density at radius 1 is 1.36 bits per heavy atom. The summed E-state index contributed by atoms with van der Waals surface area (Å²) in [5.41, 5.74) is 0.736. The maximum Gasteiger partial charge on any atom is 0.127 e. The second-order valence-corrected chi connectivity index (χ2v) is 4.69. The lowest BCUT2D eigenvalue weighted by Crippen LogP contribution is -2.08. The topological polar surface area (TPSA) is 0 Å². The van der Waals surface area contributed by atoms with Crippen LogP contribution in [-0.4, -0.2) is 5.88 Å².